The van der Waals surface area contributed by atoms with Crippen molar-refractivity contribution in [1.82, 2.24) is 19.3 Å². The Balaban J connectivity index is 1.59. The van der Waals surface area contributed by atoms with Gasteiger partial charge < -0.3 is 9.72 Å². The highest BCUT2D eigenvalue weighted by atomic mass is 32.2. The van der Waals surface area contributed by atoms with Crippen LogP contribution in [-0.2, 0) is 10.0 Å². The number of ether oxygens (including phenoxy) is 1. The SMILES string of the molecule is O=c1[nH]c(=O)c2cc(S(=O)(=O)N3CCC(Oc4cccnc4)C3)ccc2[nH]1. The minimum absolute atomic E-state index is 0.00502. The number of hydrogen-bond donors (Lipinski definition) is 2. The van der Waals surface area contributed by atoms with Crippen LogP contribution in [0, 0.1) is 0 Å². The lowest BCUT2D eigenvalue weighted by atomic mass is 10.2. The van der Waals surface area contributed by atoms with E-state index in [0.717, 1.165) is 0 Å². The molecule has 1 unspecified atom stereocenters. The van der Waals surface area contributed by atoms with Gasteiger partial charge in [0.1, 0.15) is 11.9 Å². The van der Waals surface area contributed by atoms with Gasteiger partial charge in [-0.2, -0.15) is 4.31 Å². The maximum absolute atomic E-state index is 12.9. The van der Waals surface area contributed by atoms with E-state index in [-0.39, 0.29) is 28.4 Å². The van der Waals surface area contributed by atoms with Gasteiger partial charge in [0.05, 0.1) is 28.5 Å². The Bertz CT molecular complexity index is 1200. The highest BCUT2D eigenvalue weighted by Gasteiger charge is 2.34. The van der Waals surface area contributed by atoms with Gasteiger partial charge in [0.25, 0.3) is 5.56 Å². The maximum atomic E-state index is 12.9. The average molecular weight is 388 g/mol. The van der Waals surface area contributed by atoms with E-state index in [1.807, 2.05) is 0 Å². The molecule has 140 valence electrons. The number of hydrogen-bond acceptors (Lipinski definition) is 6. The fraction of sp³-hybridized carbons (Fsp3) is 0.235. The zero-order chi connectivity index (χ0) is 19.0. The fourth-order valence-electron chi connectivity index (χ4n) is 3.08. The summed E-state index contributed by atoms with van der Waals surface area (Å²) in [5.41, 5.74) is -0.995. The molecule has 0 spiro atoms. The zero-order valence-corrected chi connectivity index (χ0v) is 14.9. The van der Waals surface area contributed by atoms with Gasteiger partial charge in [0.2, 0.25) is 10.0 Å². The van der Waals surface area contributed by atoms with Crippen molar-refractivity contribution in [2.24, 2.45) is 0 Å². The number of benzene rings is 1. The van der Waals surface area contributed by atoms with Gasteiger partial charge in [-0.25, -0.2) is 13.2 Å². The summed E-state index contributed by atoms with van der Waals surface area (Å²) in [5.74, 6) is 0.586. The van der Waals surface area contributed by atoms with Crippen molar-refractivity contribution in [2.45, 2.75) is 17.4 Å². The molecule has 27 heavy (non-hydrogen) atoms. The van der Waals surface area contributed by atoms with E-state index in [1.165, 1.54) is 22.5 Å². The van der Waals surface area contributed by atoms with Crippen molar-refractivity contribution in [3.63, 3.8) is 0 Å². The molecule has 1 fully saturated rings. The van der Waals surface area contributed by atoms with Crippen LogP contribution in [-0.4, -0.2) is 46.9 Å². The summed E-state index contributed by atoms with van der Waals surface area (Å²) in [5, 5.41) is 0.109. The van der Waals surface area contributed by atoms with E-state index in [1.54, 1.807) is 24.5 Å². The highest BCUT2D eigenvalue weighted by Crippen LogP contribution is 2.25. The summed E-state index contributed by atoms with van der Waals surface area (Å²) in [7, 11) is -3.79. The lowest BCUT2D eigenvalue weighted by Crippen LogP contribution is -2.31. The summed E-state index contributed by atoms with van der Waals surface area (Å²) in [4.78, 5) is 31.8. The first-order valence-corrected chi connectivity index (χ1v) is 9.71. The van der Waals surface area contributed by atoms with Crippen LogP contribution in [0.25, 0.3) is 10.9 Å². The van der Waals surface area contributed by atoms with Crippen LogP contribution >= 0.6 is 0 Å². The van der Waals surface area contributed by atoms with E-state index in [2.05, 4.69) is 15.0 Å². The van der Waals surface area contributed by atoms with E-state index in [4.69, 9.17) is 4.74 Å². The predicted octanol–water partition coefficient (Wildman–Crippen LogP) is 0.453. The third-order valence-electron chi connectivity index (χ3n) is 4.39. The molecule has 2 aromatic heterocycles. The number of pyridine rings is 1. The third kappa shape index (κ3) is 3.36. The normalized spacial score (nSPS) is 18.0. The molecule has 1 aliphatic rings. The van der Waals surface area contributed by atoms with Crippen LogP contribution in [0.1, 0.15) is 6.42 Å². The first kappa shape index (κ1) is 17.4. The summed E-state index contributed by atoms with van der Waals surface area (Å²) in [6.07, 6.45) is 3.49. The Morgan fingerprint density at radius 3 is 2.81 bits per heavy atom. The highest BCUT2D eigenvalue weighted by molar-refractivity contribution is 7.89. The second kappa shape index (κ2) is 6.63. The summed E-state index contributed by atoms with van der Waals surface area (Å²) < 4.78 is 33.0. The molecule has 1 saturated heterocycles. The molecule has 9 nitrogen and oxygen atoms in total. The van der Waals surface area contributed by atoms with Gasteiger partial charge in [0.15, 0.2) is 0 Å². The number of H-pyrrole nitrogens is 2. The van der Waals surface area contributed by atoms with Crippen LogP contribution in [0.5, 0.6) is 5.75 Å². The van der Waals surface area contributed by atoms with Crippen molar-refractivity contribution >= 4 is 20.9 Å². The van der Waals surface area contributed by atoms with Gasteiger partial charge >= 0.3 is 5.69 Å². The second-order valence-electron chi connectivity index (χ2n) is 6.20. The van der Waals surface area contributed by atoms with Gasteiger partial charge in [-0.05, 0) is 36.8 Å². The monoisotopic (exact) mass is 388 g/mol. The Morgan fingerprint density at radius 1 is 1.19 bits per heavy atom. The van der Waals surface area contributed by atoms with Gasteiger partial charge in [-0.15, -0.1) is 0 Å². The number of nitrogens with one attached hydrogen (secondary N) is 2. The van der Waals surface area contributed by atoms with E-state index >= 15 is 0 Å². The minimum atomic E-state index is -3.79. The molecule has 0 bridgehead atoms. The summed E-state index contributed by atoms with van der Waals surface area (Å²) in [6.45, 7) is 0.518. The largest absolute Gasteiger partial charge is 0.487 e. The molecule has 0 radical (unpaired) electrons. The zero-order valence-electron chi connectivity index (χ0n) is 14.1. The Morgan fingerprint density at radius 2 is 2.04 bits per heavy atom. The molecule has 1 aliphatic heterocycles. The van der Waals surface area contributed by atoms with Crippen LogP contribution < -0.4 is 16.0 Å². The Kier molecular flexibility index (Phi) is 4.28. The van der Waals surface area contributed by atoms with Gasteiger partial charge in [0, 0.05) is 12.7 Å². The lowest BCUT2D eigenvalue weighted by molar-refractivity contribution is 0.214. The summed E-state index contributed by atoms with van der Waals surface area (Å²) >= 11 is 0. The molecule has 0 aliphatic carbocycles. The number of aromatic amines is 2. The van der Waals surface area contributed by atoms with Gasteiger partial charge in [-0.3, -0.25) is 14.8 Å². The topological polar surface area (TPSA) is 125 Å². The standard InChI is InChI=1S/C17H16N4O5S/c22-16-14-8-13(3-4-15(14)19-17(23)20-16)27(24,25)21-7-5-12(10-21)26-11-2-1-6-18-9-11/h1-4,6,8-9,12H,5,7,10H2,(H2,19,20,22,23). The number of nitrogens with zero attached hydrogens (tertiary/aromatic N) is 2. The first-order valence-electron chi connectivity index (χ1n) is 8.27. The van der Waals surface area contributed by atoms with Crippen molar-refractivity contribution in [3.8, 4) is 5.75 Å². The molecule has 0 saturated carbocycles. The van der Waals surface area contributed by atoms with Gasteiger partial charge in [-0.1, -0.05) is 0 Å². The Labute approximate surface area is 153 Å². The molecule has 3 heterocycles. The van der Waals surface area contributed by atoms with Crippen LogP contribution in [0.15, 0.2) is 57.2 Å². The second-order valence-corrected chi connectivity index (χ2v) is 8.13. The molecule has 4 rings (SSSR count). The Hall–Kier alpha value is -2.98. The van der Waals surface area contributed by atoms with Crippen molar-refractivity contribution in [3.05, 3.63) is 63.6 Å². The number of fused-ring (bicyclic) bond motifs is 1. The van der Waals surface area contributed by atoms with E-state index in [0.29, 0.717) is 18.7 Å². The predicted molar refractivity (Wildman–Crippen MR) is 97.2 cm³/mol. The molecule has 10 heteroatoms. The molecule has 1 aromatic carbocycles. The minimum Gasteiger partial charge on any atom is -0.487 e. The average Bonchev–Trinajstić information content (AvgIpc) is 3.11. The lowest BCUT2D eigenvalue weighted by Gasteiger charge is -2.17. The van der Waals surface area contributed by atoms with Crippen molar-refractivity contribution < 1.29 is 13.2 Å². The van der Waals surface area contributed by atoms with Crippen LogP contribution in [0.4, 0.5) is 0 Å². The first-order chi connectivity index (χ1) is 12.9. The molecular formula is C17H16N4O5S. The third-order valence-corrected chi connectivity index (χ3v) is 6.25. The van der Waals surface area contributed by atoms with Crippen LogP contribution in [0.3, 0.4) is 0 Å². The van der Waals surface area contributed by atoms with Crippen molar-refractivity contribution in [2.75, 3.05) is 13.1 Å². The van der Waals surface area contributed by atoms with E-state index < -0.39 is 21.3 Å². The smallest absolute Gasteiger partial charge is 0.326 e. The maximum Gasteiger partial charge on any atom is 0.326 e. The molecule has 1 atom stereocenters. The van der Waals surface area contributed by atoms with Crippen LogP contribution in [0.2, 0.25) is 0 Å². The van der Waals surface area contributed by atoms with Crippen molar-refractivity contribution in [1.29, 1.82) is 0 Å². The fourth-order valence-corrected chi connectivity index (χ4v) is 4.59. The number of sulfonamides is 1. The molecule has 3 aromatic rings. The quantitative estimate of drug-likeness (QED) is 0.669. The molecular weight excluding hydrogens is 372 g/mol. The molecule has 2 N–H and O–H groups in total. The van der Waals surface area contributed by atoms with E-state index in [9.17, 15) is 18.0 Å². The number of aromatic nitrogens is 3. The summed E-state index contributed by atoms with van der Waals surface area (Å²) in [6, 6.07) is 7.58. The number of rotatable bonds is 4. The molecule has 0 amide bonds.